The third-order valence-corrected chi connectivity index (χ3v) is 9.85. The first-order chi connectivity index (χ1) is 17.2. The lowest BCUT2D eigenvalue weighted by molar-refractivity contribution is -0.151. The van der Waals surface area contributed by atoms with Crippen LogP contribution in [0.3, 0.4) is 0 Å². The number of carboxylic acids is 1. The van der Waals surface area contributed by atoms with E-state index in [1.807, 2.05) is 0 Å². The van der Waals surface area contributed by atoms with Gasteiger partial charge in [0.05, 0.1) is 0 Å². The number of aromatic nitrogens is 4. The van der Waals surface area contributed by atoms with Gasteiger partial charge in [0.15, 0.2) is 12.9 Å². The highest BCUT2D eigenvalue weighted by molar-refractivity contribution is 8.05. The zero-order chi connectivity index (χ0) is 26.0. The molecule has 1 saturated heterocycles. The summed E-state index contributed by atoms with van der Waals surface area (Å²) in [5.74, 6) is -2.96. The van der Waals surface area contributed by atoms with Gasteiger partial charge in [0.1, 0.15) is 17.1 Å². The average Bonchev–Trinajstić information content (AvgIpc) is 3.38. The number of rotatable bonds is 10. The summed E-state index contributed by atoms with van der Waals surface area (Å²) in [6.07, 6.45) is -1.51. The fraction of sp³-hybridized carbons (Fsp3) is 0.368. The lowest BCUT2D eigenvalue weighted by Crippen LogP contribution is -2.71. The molecule has 14 nitrogen and oxygen atoms in total. The Morgan fingerprint density at radius 1 is 1.42 bits per heavy atom. The number of aliphatic carboxylic acids is 1. The third kappa shape index (κ3) is 4.75. The number of carbonyl (C=O) groups is 3. The Balaban J connectivity index is 1.62. The lowest BCUT2D eigenvalue weighted by atomic mass is 10.0. The summed E-state index contributed by atoms with van der Waals surface area (Å²) in [6, 6.07) is 7.07. The molecular weight excluding hydrogens is 535 g/mol. The van der Waals surface area contributed by atoms with Gasteiger partial charge in [0, 0.05) is 18.2 Å². The molecule has 5 atom stereocenters. The van der Waals surface area contributed by atoms with Crippen LogP contribution in [0.15, 0.2) is 46.8 Å². The Hall–Kier alpha value is -2.88. The largest absolute Gasteiger partial charge is 0.532 e. The van der Waals surface area contributed by atoms with Crippen LogP contribution < -0.4 is 5.32 Å². The van der Waals surface area contributed by atoms with Crippen molar-refractivity contribution in [2.75, 3.05) is 12.5 Å². The lowest BCUT2D eigenvalue weighted by Gasteiger charge is -2.50. The first-order valence-electron chi connectivity index (χ1n) is 10.3. The van der Waals surface area contributed by atoms with E-state index in [0.29, 0.717) is 5.56 Å². The van der Waals surface area contributed by atoms with Gasteiger partial charge in [0.2, 0.25) is 5.16 Å². The average molecular weight is 556 g/mol. The van der Waals surface area contributed by atoms with E-state index in [4.69, 9.17) is 9.63 Å². The van der Waals surface area contributed by atoms with Gasteiger partial charge in [0.25, 0.3) is 16.3 Å². The Morgan fingerprint density at radius 2 is 2.14 bits per heavy atom. The molecule has 1 aromatic heterocycles. The van der Waals surface area contributed by atoms with E-state index in [0.717, 1.165) is 28.4 Å². The van der Waals surface area contributed by atoms with Gasteiger partial charge < -0.3 is 20.6 Å². The zero-order valence-electron chi connectivity index (χ0n) is 18.5. The number of hydrogen-bond donors (Lipinski definition) is 5. The predicted octanol–water partition coefficient (Wildman–Crippen LogP) is 0.189. The van der Waals surface area contributed by atoms with Crippen molar-refractivity contribution in [1.29, 1.82) is 0 Å². The Labute approximate surface area is 212 Å². The molecule has 2 aliphatic rings. The molecule has 0 radical (unpaired) electrons. The van der Waals surface area contributed by atoms with Crippen molar-refractivity contribution in [2.45, 2.75) is 34.1 Å². The van der Waals surface area contributed by atoms with E-state index >= 15 is 0 Å². The van der Waals surface area contributed by atoms with Crippen molar-refractivity contribution in [3.63, 3.8) is 0 Å². The Kier molecular flexibility index (Phi) is 7.73. The van der Waals surface area contributed by atoms with E-state index in [2.05, 4.69) is 25.9 Å². The van der Waals surface area contributed by atoms with Gasteiger partial charge in [-0.2, -0.15) is 5.21 Å². The standard InChI is InChI=1S/C19H19N6O8PS2/c1-19(34(32)33-8-26,36-18-21-23-24-22-18)10-7-35-16-11(15(29)25(16)12(10)17(30)31)20-14(28)13(27)9-5-3-2-4-6-9/h2-6,11,13,16,26-27H,7-8H2,1H3,(H2-,20,21,22,23,24,28,30,31)/p+1/t11-,13?,16+,19?/m1/s1. The predicted molar refractivity (Wildman–Crippen MR) is 125 cm³/mol. The molecule has 3 heterocycles. The molecule has 5 N–H and O–H groups in total. The molecule has 1 aromatic carbocycles. The molecule has 190 valence electrons. The second kappa shape index (κ2) is 10.6. The van der Waals surface area contributed by atoms with Crippen LogP contribution >= 0.6 is 31.6 Å². The summed E-state index contributed by atoms with van der Waals surface area (Å²) in [6.45, 7) is 0.546. The summed E-state index contributed by atoms with van der Waals surface area (Å²) in [4.78, 5) is 38.9. The number of aliphatic hydroxyl groups is 2. The maximum absolute atomic E-state index is 13.0. The van der Waals surface area contributed by atoms with Crippen LogP contribution in [0, 0.1) is 0 Å². The normalized spacial score (nSPS) is 22.2. The SMILES string of the molecule is CC(Sc1nn[nH]n1)(C1=C(C(=O)O)N2C(=O)[C@@H](NC(=O)C(O)c3ccccc3)[C@@H]2SC1)[P+](=O)OCO. The summed E-state index contributed by atoms with van der Waals surface area (Å²) in [5, 5.41) is 44.5. The summed E-state index contributed by atoms with van der Waals surface area (Å²) in [5.41, 5.74) is 0.00887. The molecule has 3 unspecified atom stereocenters. The molecule has 0 bridgehead atoms. The number of aromatic amines is 1. The number of nitrogens with zero attached hydrogens (tertiary/aromatic N) is 4. The molecular formula is C19H20N6O8PS2+. The molecule has 0 saturated carbocycles. The van der Waals surface area contributed by atoms with E-state index in [1.165, 1.54) is 6.92 Å². The molecule has 0 aliphatic carbocycles. The van der Waals surface area contributed by atoms with Crippen LogP contribution in [-0.4, -0.2) is 87.1 Å². The topological polar surface area (TPSA) is 208 Å². The number of tetrazole rings is 1. The first-order valence-corrected chi connectivity index (χ1v) is 13.3. The van der Waals surface area contributed by atoms with E-state index in [-0.39, 0.29) is 16.5 Å². The van der Waals surface area contributed by atoms with Crippen LogP contribution in [-0.2, 0) is 23.5 Å². The van der Waals surface area contributed by atoms with Gasteiger partial charge in [-0.15, -0.1) is 26.5 Å². The number of H-pyrrole nitrogens is 1. The number of β-lactam (4-membered cyclic amide) rings is 1. The van der Waals surface area contributed by atoms with Crippen molar-refractivity contribution in [3.8, 4) is 0 Å². The monoisotopic (exact) mass is 555 g/mol. The number of thioether (sulfide) groups is 2. The van der Waals surface area contributed by atoms with Gasteiger partial charge >= 0.3 is 14.0 Å². The van der Waals surface area contributed by atoms with Crippen LogP contribution in [0.25, 0.3) is 0 Å². The second-order valence-electron chi connectivity index (χ2n) is 7.64. The molecule has 2 amide bonds. The van der Waals surface area contributed by atoms with Crippen molar-refractivity contribution < 1.29 is 38.8 Å². The number of benzene rings is 1. The number of aliphatic hydroxyl groups excluding tert-OH is 2. The van der Waals surface area contributed by atoms with Gasteiger partial charge in [-0.25, -0.2) is 4.79 Å². The highest BCUT2D eigenvalue weighted by Gasteiger charge is 2.61. The van der Waals surface area contributed by atoms with Crippen molar-refractivity contribution in [1.82, 2.24) is 30.8 Å². The van der Waals surface area contributed by atoms with Crippen LogP contribution in [0.2, 0.25) is 0 Å². The number of nitrogens with one attached hydrogen (secondary N) is 2. The fourth-order valence-corrected chi connectivity index (χ4v) is 7.72. The smallest absolute Gasteiger partial charge is 0.477 e. The highest BCUT2D eigenvalue weighted by Crippen LogP contribution is 2.58. The number of amides is 2. The molecule has 2 aliphatic heterocycles. The first kappa shape index (κ1) is 26.2. The molecule has 17 heteroatoms. The van der Waals surface area contributed by atoms with E-state index < -0.39 is 60.3 Å². The van der Waals surface area contributed by atoms with Crippen LogP contribution in [0.5, 0.6) is 0 Å². The summed E-state index contributed by atoms with van der Waals surface area (Å²) < 4.78 is 16.3. The summed E-state index contributed by atoms with van der Waals surface area (Å²) in [7, 11) is -2.72. The van der Waals surface area contributed by atoms with E-state index in [9.17, 15) is 29.2 Å². The minimum Gasteiger partial charge on any atom is -0.477 e. The molecule has 2 aromatic rings. The molecule has 36 heavy (non-hydrogen) atoms. The van der Waals surface area contributed by atoms with Gasteiger partial charge in [-0.3, -0.25) is 14.5 Å². The van der Waals surface area contributed by atoms with Gasteiger partial charge in [-0.1, -0.05) is 30.3 Å². The minimum absolute atomic E-state index is 0.000895. The summed E-state index contributed by atoms with van der Waals surface area (Å²) >= 11 is 1.95. The number of carboxylic acid groups (broad SMARTS) is 1. The molecule has 0 spiro atoms. The molecule has 1 fully saturated rings. The van der Waals surface area contributed by atoms with Crippen molar-refractivity contribution in [2.24, 2.45) is 0 Å². The van der Waals surface area contributed by atoms with Crippen molar-refractivity contribution >= 4 is 49.3 Å². The minimum atomic E-state index is -2.72. The quantitative estimate of drug-likeness (QED) is 0.115. The Morgan fingerprint density at radius 3 is 2.75 bits per heavy atom. The Bertz CT molecular complexity index is 1220. The van der Waals surface area contributed by atoms with Crippen molar-refractivity contribution in [3.05, 3.63) is 47.2 Å². The zero-order valence-corrected chi connectivity index (χ0v) is 21.0. The maximum Gasteiger partial charge on any atom is 0.532 e. The number of carbonyl (C=O) groups excluding carboxylic acids is 2. The van der Waals surface area contributed by atoms with Gasteiger partial charge in [-0.05, 0) is 27.1 Å². The van der Waals surface area contributed by atoms with Crippen LogP contribution in [0.4, 0.5) is 0 Å². The second-order valence-corrected chi connectivity index (χ2v) is 12.1. The fourth-order valence-electron chi connectivity index (χ4n) is 3.75. The number of fused-ring (bicyclic) bond motifs is 1. The number of hydrogen-bond acceptors (Lipinski definition) is 12. The van der Waals surface area contributed by atoms with Crippen LogP contribution in [0.1, 0.15) is 18.6 Å². The highest BCUT2D eigenvalue weighted by atomic mass is 32.2. The maximum atomic E-state index is 13.0. The molecule has 4 rings (SSSR count). The third-order valence-electron chi connectivity index (χ3n) is 5.53. The van der Waals surface area contributed by atoms with E-state index in [1.54, 1.807) is 30.3 Å².